The SMILES string of the molecule is Cc1ccc2c(=O)n3nc(C)cc3[nH]c2n1. The van der Waals surface area contributed by atoms with Crippen molar-refractivity contribution in [2.75, 3.05) is 0 Å². The highest BCUT2D eigenvalue weighted by molar-refractivity contribution is 5.75. The maximum absolute atomic E-state index is 12.1. The Labute approximate surface area is 90.8 Å². The Hall–Kier alpha value is -2.17. The number of pyridine rings is 1. The van der Waals surface area contributed by atoms with Crippen LogP contribution in [0.25, 0.3) is 16.7 Å². The third-order valence-corrected chi connectivity index (χ3v) is 2.54. The molecule has 0 atom stereocenters. The normalized spacial score (nSPS) is 11.4. The van der Waals surface area contributed by atoms with Crippen LogP contribution in [0.4, 0.5) is 0 Å². The van der Waals surface area contributed by atoms with Crippen molar-refractivity contribution in [1.29, 1.82) is 0 Å². The van der Waals surface area contributed by atoms with Crippen molar-refractivity contribution in [2.24, 2.45) is 0 Å². The molecule has 16 heavy (non-hydrogen) atoms. The summed E-state index contributed by atoms with van der Waals surface area (Å²) in [6.45, 7) is 3.74. The van der Waals surface area contributed by atoms with Gasteiger partial charge < -0.3 is 4.98 Å². The fourth-order valence-corrected chi connectivity index (χ4v) is 1.80. The molecule has 3 aromatic rings. The van der Waals surface area contributed by atoms with Gasteiger partial charge in [-0.15, -0.1) is 0 Å². The van der Waals surface area contributed by atoms with Gasteiger partial charge in [-0.1, -0.05) is 0 Å². The smallest absolute Gasteiger partial charge is 0.283 e. The second-order valence-corrected chi connectivity index (χ2v) is 3.86. The van der Waals surface area contributed by atoms with Gasteiger partial charge in [-0.3, -0.25) is 4.79 Å². The summed E-state index contributed by atoms with van der Waals surface area (Å²) < 4.78 is 1.37. The predicted octanol–water partition coefficient (Wildman–Crippen LogP) is 1.19. The fraction of sp³-hybridized carbons (Fsp3) is 0.182. The van der Waals surface area contributed by atoms with E-state index in [1.54, 1.807) is 6.07 Å². The van der Waals surface area contributed by atoms with Crippen LogP contribution >= 0.6 is 0 Å². The quantitative estimate of drug-likeness (QED) is 0.611. The first-order valence-corrected chi connectivity index (χ1v) is 5.01. The van der Waals surface area contributed by atoms with E-state index in [1.807, 2.05) is 26.0 Å². The lowest BCUT2D eigenvalue weighted by Gasteiger charge is -1.99. The Kier molecular flexibility index (Phi) is 1.65. The van der Waals surface area contributed by atoms with Gasteiger partial charge in [0.2, 0.25) is 0 Å². The number of nitrogens with zero attached hydrogens (tertiary/aromatic N) is 3. The van der Waals surface area contributed by atoms with Crippen LogP contribution in [0.1, 0.15) is 11.4 Å². The number of fused-ring (bicyclic) bond motifs is 2. The molecule has 0 amide bonds. The van der Waals surface area contributed by atoms with Crippen LogP contribution in [-0.2, 0) is 0 Å². The third kappa shape index (κ3) is 1.14. The molecule has 3 heterocycles. The average Bonchev–Trinajstić information content (AvgIpc) is 2.59. The van der Waals surface area contributed by atoms with E-state index in [-0.39, 0.29) is 5.56 Å². The van der Waals surface area contributed by atoms with Gasteiger partial charge in [0.05, 0.1) is 11.1 Å². The van der Waals surface area contributed by atoms with Crippen LogP contribution in [-0.4, -0.2) is 19.6 Å². The van der Waals surface area contributed by atoms with Gasteiger partial charge in [0.1, 0.15) is 11.3 Å². The molecular weight excluding hydrogens is 204 g/mol. The summed E-state index contributed by atoms with van der Waals surface area (Å²) in [5.41, 5.74) is 2.83. The molecule has 0 aliphatic carbocycles. The molecule has 5 heteroatoms. The van der Waals surface area contributed by atoms with Gasteiger partial charge >= 0.3 is 0 Å². The zero-order chi connectivity index (χ0) is 11.3. The summed E-state index contributed by atoms with van der Waals surface area (Å²) in [6.07, 6.45) is 0. The molecule has 3 rings (SSSR count). The summed E-state index contributed by atoms with van der Waals surface area (Å²) in [5, 5.41) is 4.69. The van der Waals surface area contributed by atoms with Crippen LogP contribution in [0.15, 0.2) is 23.0 Å². The van der Waals surface area contributed by atoms with Gasteiger partial charge in [-0.05, 0) is 26.0 Å². The molecule has 0 aromatic carbocycles. The fourth-order valence-electron chi connectivity index (χ4n) is 1.80. The molecule has 0 bridgehead atoms. The van der Waals surface area contributed by atoms with E-state index in [9.17, 15) is 4.79 Å². The van der Waals surface area contributed by atoms with Gasteiger partial charge in [0.15, 0.2) is 0 Å². The minimum Gasteiger partial charge on any atom is -0.324 e. The van der Waals surface area contributed by atoms with Crippen molar-refractivity contribution in [3.05, 3.63) is 39.9 Å². The first kappa shape index (κ1) is 9.08. The molecule has 0 aliphatic heterocycles. The van der Waals surface area contributed by atoms with Gasteiger partial charge in [0, 0.05) is 11.8 Å². The first-order valence-electron chi connectivity index (χ1n) is 5.01. The summed E-state index contributed by atoms with van der Waals surface area (Å²) in [7, 11) is 0. The van der Waals surface area contributed by atoms with E-state index >= 15 is 0 Å². The number of rotatable bonds is 0. The number of aromatic nitrogens is 4. The minimum atomic E-state index is -0.135. The molecule has 0 aliphatic rings. The lowest BCUT2D eigenvalue weighted by Crippen LogP contribution is -2.15. The van der Waals surface area contributed by atoms with Crippen molar-refractivity contribution in [1.82, 2.24) is 19.6 Å². The van der Waals surface area contributed by atoms with Gasteiger partial charge in [0.25, 0.3) is 5.56 Å². The average molecular weight is 214 g/mol. The van der Waals surface area contributed by atoms with E-state index < -0.39 is 0 Å². The van der Waals surface area contributed by atoms with Crippen LogP contribution in [0.3, 0.4) is 0 Å². The molecule has 0 radical (unpaired) electrons. The Morgan fingerprint density at radius 3 is 2.88 bits per heavy atom. The Balaban J connectivity index is 2.60. The van der Waals surface area contributed by atoms with Crippen LogP contribution < -0.4 is 5.56 Å². The first-order chi connectivity index (χ1) is 7.65. The lowest BCUT2D eigenvalue weighted by molar-refractivity contribution is 0.892. The second kappa shape index (κ2) is 2.91. The van der Waals surface area contributed by atoms with Crippen molar-refractivity contribution in [2.45, 2.75) is 13.8 Å². The molecule has 0 fully saturated rings. The number of H-pyrrole nitrogens is 1. The zero-order valence-electron chi connectivity index (χ0n) is 8.98. The Morgan fingerprint density at radius 2 is 2.06 bits per heavy atom. The molecule has 0 saturated carbocycles. The van der Waals surface area contributed by atoms with Crippen LogP contribution in [0.5, 0.6) is 0 Å². The maximum atomic E-state index is 12.1. The van der Waals surface area contributed by atoms with E-state index in [2.05, 4.69) is 15.1 Å². The third-order valence-electron chi connectivity index (χ3n) is 2.54. The highest BCUT2D eigenvalue weighted by atomic mass is 16.1. The molecular formula is C11H10N4O. The lowest BCUT2D eigenvalue weighted by atomic mass is 10.3. The minimum absolute atomic E-state index is 0.135. The van der Waals surface area contributed by atoms with E-state index in [1.165, 1.54) is 4.52 Å². The topological polar surface area (TPSA) is 63.1 Å². The maximum Gasteiger partial charge on any atom is 0.283 e. The summed E-state index contributed by atoms with van der Waals surface area (Å²) in [4.78, 5) is 19.5. The molecule has 1 N–H and O–H groups in total. The van der Waals surface area contributed by atoms with Gasteiger partial charge in [-0.2, -0.15) is 9.61 Å². The van der Waals surface area contributed by atoms with Gasteiger partial charge in [-0.25, -0.2) is 4.98 Å². The summed E-state index contributed by atoms with van der Waals surface area (Å²) >= 11 is 0. The van der Waals surface area contributed by atoms with Crippen molar-refractivity contribution < 1.29 is 0 Å². The van der Waals surface area contributed by atoms with E-state index in [4.69, 9.17) is 0 Å². The standard InChI is InChI=1S/C11H10N4O/c1-6-3-4-8-10(12-6)13-9-5-7(2)14-15(9)11(8)16/h3-5H,1-2H3,(H,12,13). The molecule has 0 spiro atoms. The molecule has 5 nitrogen and oxygen atoms in total. The number of aryl methyl sites for hydroxylation is 2. The monoisotopic (exact) mass is 214 g/mol. The number of aromatic amines is 1. The highest BCUT2D eigenvalue weighted by Gasteiger charge is 2.07. The summed E-state index contributed by atoms with van der Waals surface area (Å²) in [5.74, 6) is 0. The largest absolute Gasteiger partial charge is 0.324 e. The van der Waals surface area contributed by atoms with Crippen LogP contribution in [0, 0.1) is 13.8 Å². The Morgan fingerprint density at radius 1 is 1.25 bits per heavy atom. The van der Waals surface area contributed by atoms with Crippen LogP contribution in [0.2, 0.25) is 0 Å². The number of hydrogen-bond donors (Lipinski definition) is 1. The van der Waals surface area contributed by atoms with Crippen molar-refractivity contribution in [3.63, 3.8) is 0 Å². The number of hydrogen-bond acceptors (Lipinski definition) is 3. The molecule has 0 unspecified atom stereocenters. The summed E-state index contributed by atoms with van der Waals surface area (Å²) in [6, 6.07) is 5.41. The molecule has 80 valence electrons. The highest BCUT2D eigenvalue weighted by Crippen LogP contribution is 2.08. The molecule has 0 saturated heterocycles. The number of nitrogens with one attached hydrogen (secondary N) is 1. The van der Waals surface area contributed by atoms with E-state index in [0.29, 0.717) is 16.7 Å². The Bertz CT molecular complexity index is 754. The zero-order valence-corrected chi connectivity index (χ0v) is 8.98. The van der Waals surface area contributed by atoms with Crippen molar-refractivity contribution >= 4 is 16.7 Å². The second-order valence-electron chi connectivity index (χ2n) is 3.86. The predicted molar refractivity (Wildman–Crippen MR) is 60.6 cm³/mol. The van der Waals surface area contributed by atoms with E-state index in [0.717, 1.165) is 11.4 Å². The van der Waals surface area contributed by atoms with Crippen molar-refractivity contribution in [3.8, 4) is 0 Å². The molecule has 3 aromatic heterocycles.